The van der Waals surface area contributed by atoms with Crippen molar-refractivity contribution in [2.45, 2.75) is 13.8 Å². The van der Waals surface area contributed by atoms with Crippen LogP contribution in [0.15, 0.2) is 22.9 Å². The summed E-state index contributed by atoms with van der Waals surface area (Å²) in [6.07, 6.45) is 1.57. The van der Waals surface area contributed by atoms with Crippen LogP contribution in [-0.2, 0) is 0 Å². The maximum atomic E-state index is 8.92. The fourth-order valence-corrected chi connectivity index (χ4v) is 1.65. The van der Waals surface area contributed by atoms with Gasteiger partial charge in [0.05, 0.1) is 23.4 Å². The van der Waals surface area contributed by atoms with E-state index in [0.717, 1.165) is 22.3 Å². The normalized spacial score (nSPS) is 10.1. The van der Waals surface area contributed by atoms with Gasteiger partial charge in [0.25, 0.3) is 0 Å². The van der Waals surface area contributed by atoms with E-state index in [1.54, 1.807) is 12.3 Å². The molecule has 0 atom stereocenters. The zero-order valence-electron chi connectivity index (χ0n) is 9.11. The van der Waals surface area contributed by atoms with E-state index in [9.17, 15) is 0 Å². The molecule has 0 saturated heterocycles. The van der Waals surface area contributed by atoms with Gasteiger partial charge in [0.2, 0.25) is 5.88 Å². The molecule has 16 heavy (non-hydrogen) atoms. The first-order chi connectivity index (χ1) is 7.63. The lowest BCUT2D eigenvalue weighted by molar-refractivity contribution is 0.436. The van der Waals surface area contributed by atoms with E-state index in [1.807, 2.05) is 19.9 Å². The summed E-state index contributed by atoms with van der Waals surface area (Å²) < 4.78 is 4.83. The Morgan fingerprint density at radius 1 is 1.31 bits per heavy atom. The van der Waals surface area contributed by atoms with Gasteiger partial charge >= 0.3 is 0 Å². The van der Waals surface area contributed by atoms with E-state index in [0.29, 0.717) is 5.56 Å². The molecule has 2 rings (SSSR count). The molecule has 80 valence electrons. The molecule has 0 aliphatic carbocycles. The number of benzene rings is 1. The SMILES string of the molecule is Cc1cc(C#N)cc(-c2cnoc2N)c1C. The number of nitriles is 1. The molecular formula is C12H11N3O. The van der Waals surface area contributed by atoms with Crippen LogP contribution in [0, 0.1) is 25.2 Å². The van der Waals surface area contributed by atoms with E-state index in [2.05, 4.69) is 11.2 Å². The Kier molecular flexibility index (Phi) is 2.37. The van der Waals surface area contributed by atoms with Crippen molar-refractivity contribution in [2.75, 3.05) is 5.73 Å². The molecule has 0 spiro atoms. The van der Waals surface area contributed by atoms with Crippen molar-refractivity contribution in [1.82, 2.24) is 5.16 Å². The Morgan fingerprint density at radius 2 is 2.06 bits per heavy atom. The molecule has 1 aromatic carbocycles. The van der Waals surface area contributed by atoms with Crippen molar-refractivity contribution >= 4 is 5.88 Å². The Bertz CT molecular complexity index is 578. The van der Waals surface area contributed by atoms with E-state index in [4.69, 9.17) is 15.5 Å². The average Bonchev–Trinajstić information content (AvgIpc) is 2.68. The lowest BCUT2D eigenvalue weighted by atomic mass is 9.96. The van der Waals surface area contributed by atoms with E-state index < -0.39 is 0 Å². The molecule has 0 amide bonds. The second-order valence-corrected chi connectivity index (χ2v) is 3.68. The highest BCUT2D eigenvalue weighted by atomic mass is 16.5. The number of aryl methyl sites for hydroxylation is 1. The Morgan fingerprint density at radius 3 is 2.62 bits per heavy atom. The molecular weight excluding hydrogens is 202 g/mol. The summed E-state index contributed by atoms with van der Waals surface area (Å²) in [5, 5.41) is 12.6. The van der Waals surface area contributed by atoms with Gasteiger partial charge in [-0.25, -0.2) is 0 Å². The number of aromatic nitrogens is 1. The number of nitrogens with two attached hydrogens (primary N) is 1. The largest absolute Gasteiger partial charge is 0.367 e. The average molecular weight is 213 g/mol. The van der Waals surface area contributed by atoms with Crippen molar-refractivity contribution in [3.05, 3.63) is 35.0 Å². The molecule has 1 aromatic heterocycles. The third-order valence-electron chi connectivity index (χ3n) is 2.68. The zero-order valence-corrected chi connectivity index (χ0v) is 9.11. The fourth-order valence-electron chi connectivity index (χ4n) is 1.65. The van der Waals surface area contributed by atoms with Gasteiger partial charge in [-0.1, -0.05) is 5.16 Å². The monoisotopic (exact) mass is 213 g/mol. The van der Waals surface area contributed by atoms with Gasteiger partial charge in [0.1, 0.15) is 0 Å². The van der Waals surface area contributed by atoms with Gasteiger partial charge in [-0.2, -0.15) is 5.26 Å². The molecule has 0 fully saturated rings. The third kappa shape index (κ3) is 1.52. The molecule has 1 heterocycles. The van der Waals surface area contributed by atoms with Crippen molar-refractivity contribution in [2.24, 2.45) is 0 Å². The van der Waals surface area contributed by atoms with E-state index in [1.165, 1.54) is 0 Å². The van der Waals surface area contributed by atoms with Crippen LogP contribution >= 0.6 is 0 Å². The second kappa shape index (κ2) is 3.70. The summed E-state index contributed by atoms with van der Waals surface area (Å²) in [6.45, 7) is 3.95. The van der Waals surface area contributed by atoms with Crippen LogP contribution in [-0.4, -0.2) is 5.16 Å². The Balaban J connectivity index is 2.70. The summed E-state index contributed by atoms with van der Waals surface area (Å²) in [7, 11) is 0. The highest BCUT2D eigenvalue weighted by Gasteiger charge is 2.12. The first-order valence-corrected chi connectivity index (χ1v) is 4.85. The molecule has 2 N–H and O–H groups in total. The predicted octanol–water partition coefficient (Wildman–Crippen LogP) is 2.41. The Hall–Kier alpha value is -2.28. The summed E-state index contributed by atoms with van der Waals surface area (Å²) in [5.41, 5.74) is 10.0. The molecule has 0 aliphatic heterocycles. The fraction of sp³-hybridized carbons (Fsp3) is 0.167. The number of rotatable bonds is 1. The summed E-state index contributed by atoms with van der Waals surface area (Å²) >= 11 is 0. The van der Waals surface area contributed by atoms with Gasteiger partial charge in [-0.15, -0.1) is 0 Å². The summed E-state index contributed by atoms with van der Waals surface area (Å²) in [4.78, 5) is 0. The van der Waals surface area contributed by atoms with Gasteiger partial charge in [-0.05, 0) is 42.7 Å². The lowest BCUT2D eigenvalue weighted by Gasteiger charge is -2.07. The van der Waals surface area contributed by atoms with Gasteiger partial charge in [-0.3, -0.25) is 0 Å². The Labute approximate surface area is 93.3 Å². The number of anilines is 1. The maximum absolute atomic E-state index is 8.92. The molecule has 0 aliphatic rings. The standard InChI is InChI=1S/C12H11N3O/c1-7-3-9(5-13)4-10(8(7)2)11-6-15-16-12(11)14/h3-4,6H,14H2,1-2H3. The molecule has 0 unspecified atom stereocenters. The van der Waals surface area contributed by atoms with Crippen LogP contribution in [0.2, 0.25) is 0 Å². The minimum absolute atomic E-state index is 0.276. The third-order valence-corrected chi connectivity index (χ3v) is 2.68. The lowest BCUT2D eigenvalue weighted by Crippen LogP contribution is -1.92. The highest BCUT2D eigenvalue weighted by molar-refractivity contribution is 5.76. The minimum atomic E-state index is 0.276. The quantitative estimate of drug-likeness (QED) is 0.789. The molecule has 4 nitrogen and oxygen atoms in total. The minimum Gasteiger partial charge on any atom is -0.367 e. The number of hydrogen-bond donors (Lipinski definition) is 1. The van der Waals surface area contributed by atoms with Crippen LogP contribution in [0.4, 0.5) is 5.88 Å². The topological polar surface area (TPSA) is 75.8 Å². The van der Waals surface area contributed by atoms with Gasteiger partial charge in [0.15, 0.2) is 0 Å². The van der Waals surface area contributed by atoms with Crippen LogP contribution in [0.1, 0.15) is 16.7 Å². The van der Waals surface area contributed by atoms with Crippen molar-refractivity contribution in [1.29, 1.82) is 5.26 Å². The molecule has 0 saturated carbocycles. The maximum Gasteiger partial charge on any atom is 0.229 e. The molecule has 4 heteroatoms. The van der Waals surface area contributed by atoms with Gasteiger partial charge in [0, 0.05) is 0 Å². The van der Waals surface area contributed by atoms with Crippen LogP contribution in [0.3, 0.4) is 0 Å². The zero-order chi connectivity index (χ0) is 11.7. The predicted molar refractivity (Wildman–Crippen MR) is 60.5 cm³/mol. The van der Waals surface area contributed by atoms with Crippen molar-refractivity contribution < 1.29 is 4.52 Å². The smallest absolute Gasteiger partial charge is 0.229 e. The summed E-state index contributed by atoms with van der Waals surface area (Å²) in [6, 6.07) is 5.77. The molecule has 2 aromatic rings. The van der Waals surface area contributed by atoms with E-state index >= 15 is 0 Å². The molecule has 0 radical (unpaired) electrons. The number of nitrogens with zero attached hydrogens (tertiary/aromatic N) is 2. The first kappa shape index (κ1) is 10.2. The first-order valence-electron chi connectivity index (χ1n) is 4.85. The van der Waals surface area contributed by atoms with Crippen LogP contribution in [0.25, 0.3) is 11.1 Å². The van der Waals surface area contributed by atoms with E-state index in [-0.39, 0.29) is 5.88 Å². The van der Waals surface area contributed by atoms with Crippen LogP contribution in [0.5, 0.6) is 0 Å². The number of hydrogen-bond acceptors (Lipinski definition) is 4. The number of nitrogen functional groups attached to an aromatic ring is 1. The van der Waals surface area contributed by atoms with Crippen LogP contribution < -0.4 is 5.73 Å². The van der Waals surface area contributed by atoms with Crippen molar-refractivity contribution in [3.63, 3.8) is 0 Å². The van der Waals surface area contributed by atoms with Crippen molar-refractivity contribution in [3.8, 4) is 17.2 Å². The second-order valence-electron chi connectivity index (χ2n) is 3.68. The van der Waals surface area contributed by atoms with Gasteiger partial charge < -0.3 is 10.3 Å². The summed E-state index contributed by atoms with van der Waals surface area (Å²) in [5.74, 6) is 0.276. The molecule has 0 bridgehead atoms. The highest BCUT2D eigenvalue weighted by Crippen LogP contribution is 2.30.